The molecule has 72 valence electrons. The molecule has 14 heavy (non-hydrogen) atoms. The van der Waals surface area contributed by atoms with Gasteiger partial charge in [0.2, 0.25) is 10.0 Å². The second-order valence-electron chi connectivity index (χ2n) is 2.95. The summed E-state index contributed by atoms with van der Waals surface area (Å²) in [6.45, 7) is 0. The van der Waals surface area contributed by atoms with E-state index in [0.29, 0.717) is 5.39 Å². The SMILES string of the molecule is NS(=O)(=O)c1c[nH+]cc2ccccc12. The molecule has 0 fully saturated rings. The number of hydrogen-bond acceptors (Lipinski definition) is 2. The normalized spacial score (nSPS) is 11.8. The summed E-state index contributed by atoms with van der Waals surface area (Å²) in [5, 5.41) is 6.53. The molecule has 1 aromatic carbocycles. The maximum absolute atomic E-state index is 11.2. The third-order valence-electron chi connectivity index (χ3n) is 1.99. The molecule has 5 heteroatoms. The van der Waals surface area contributed by atoms with Crippen LogP contribution in [0.1, 0.15) is 0 Å². The maximum Gasteiger partial charge on any atom is 0.244 e. The topological polar surface area (TPSA) is 74.3 Å². The summed E-state index contributed by atoms with van der Waals surface area (Å²) < 4.78 is 22.4. The first kappa shape index (κ1) is 9.11. The summed E-state index contributed by atoms with van der Waals surface area (Å²) in [5.74, 6) is 0. The van der Waals surface area contributed by atoms with Crippen LogP contribution in [-0.2, 0) is 10.0 Å². The Morgan fingerprint density at radius 3 is 2.57 bits per heavy atom. The minimum Gasteiger partial charge on any atom is -0.224 e. The molecule has 4 nitrogen and oxygen atoms in total. The van der Waals surface area contributed by atoms with Crippen LogP contribution in [-0.4, -0.2) is 8.42 Å². The zero-order valence-electron chi connectivity index (χ0n) is 7.27. The second-order valence-corrected chi connectivity index (χ2v) is 4.48. The molecule has 0 spiro atoms. The van der Waals surface area contributed by atoms with E-state index in [2.05, 4.69) is 4.98 Å². The largest absolute Gasteiger partial charge is 0.244 e. The zero-order valence-corrected chi connectivity index (χ0v) is 8.08. The molecular formula is C9H9N2O2S+. The zero-order chi connectivity index (χ0) is 10.2. The minimum atomic E-state index is -3.66. The molecule has 2 rings (SSSR count). The Morgan fingerprint density at radius 2 is 1.86 bits per heavy atom. The lowest BCUT2D eigenvalue weighted by atomic mass is 10.2. The molecule has 0 unspecified atom stereocenters. The van der Waals surface area contributed by atoms with Crippen LogP contribution >= 0.6 is 0 Å². The molecular weight excluding hydrogens is 200 g/mol. The van der Waals surface area contributed by atoms with Gasteiger partial charge in [-0.15, -0.1) is 0 Å². The summed E-state index contributed by atoms with van der Waals surface area (Å²) in [5.41, 5.74) is 0. The van der Waals surface area contributed by atoms with E-state index in [9.17, 15) is 8.42 Å². The molecule has 0 radical (unpaired) electrons. The number of hydrogen-bond donors (Lipinski definition) is 1. The monoisotopic (exact) mass is 209 g/mol. The van der Waals surface area contributed by atoms with Crippen LogP contribution in [0.5, 0.6) is 0 Å². The predicted molar refractivity (Wildman–Crippen MR) is 51.9 cm³/mol. The number of nitrogens with two attached hydrogens (primary N) is 1. The van der Waals surface area contributed by atoms with Gasteiger partial charge in [0.15, 0.2) is 17.3 Å². The fourth-order valence-electron chi connectivity index (χ4n) is 1.37. The molecule has 3 N–H and O–H groups in total. The van der Waals surface area contributed by atoms with E-state index < -0.39 is 10.0 Å². The van der Waals surface area contributed by atoms with Crippen molar-refractivity contribution in [3.8, 4) is 0 Å². The standard InChI is InChI=1S/C9H8N2O2S/c10-14(12,13)9-6-11-5-7-3-1-2-4-8(7)9/h1-6H,(H2,10,12,13)/p+1. The van der Waals surface area contributed by atoms with Gasteiger partial charge in [0, 0.05) is 10.8 Å². The molecule has 0 atom stereocenters. The Kier molecular flexibility index (Phi) is 1.98. The van der Waals surface area contributed by atoms with Gasteiger partial charge >= 0.3 is 0 Å². The number of rotatable bonds is 1. The molecule has 0 amide bonds. The van der Waals surface area contributed by atoms with Gasteiger partial charge in [-0.2, -0.15) is 0 Å². The highest BCUT2D eigenvalue weighted by molar-refractivity contribution is 7.89. The first-order valence-electron chi connectivity index (χ1n) is 4.01. The number of nitrogens with one attached hydrogen (secondary N) is 1. The molecule has 0 saturated carbocycles. The third kappa shape index (κ3) is 1.47. The Balaban J connectivity index is 2.92. The summed E-state index contributed by atoms with van der Waals surface area (Å²) in [4.78, 5) is 2.87. The molecule has 0 bridgehead atoms. The number of benzene rings is 1. The van der Waals surface area contributed by atoms with E-state index >= 15 is 0 Å². The second kappa shape index (κ2) is 3.04. The van der Waals surface area contributed by atoms with E-state index in [1.54, 1.807) is 18.3 Å². The van der Waals surface area contributed by atoms with Gasteiger partial charge < -0.3 is 0 Å². The van der Waals surface area contributed by atoms with E-state index in [1.165, 1.54) is 6.20 Å². The van der Waals surface area contributed by atoms with Gasteiger partial charge in [-0.25, -0.2) is 18.5 Å². The Labute approximate surface area is 81.4 Å². The minimum absolute atomic E-state index is 0.121. The Bertz CT molecular complexity index is 573. The fraction of sp³-hybridized carbons (Fsp3) is 0. The Morgan fingerprint density at radius 1 is 1.14 bits per heavy atom. The number of aromatic amines is 1. The smallest absolute Gasteiger partial charge is 0.224 e. The van der Waals surface area contributed by atoms with Gasteiger partial charge in [-0.3, -0.25) is 0 Å². The van der Waals surface area contributed by atoms with Crippen molar-refractivity contribution in [3.05, 3.63) is 36.7 Å². The van der Waals surface area contributed by atoms with Crippen LogP contribution in [0.15, 0.2) is 41.6 Å². The van der Waals surface area contributed by atoms with Crippen molar-refractivity contribution in [1.29, 1.82) is 0 Å². The van der Waals surface area contributed by atoms with E-state index in [4.69, 9.17) is 5.14 Å². The molecule has 2 aromatic rings. The lowest BCUT2D eigenvalue weighted by Crippen LogP contribution is -2.16. The van der Waals surface area contributed by atoms with Crippen LogP contribution in [0.25, 0.3) is 10.8 Å². The van der Waals surface area contributed by atoms with Gasteiger partial charge in [-0.05, 0) is 6.07 Å². The molecule has 0 aliphatic carbocycles. The van der Waals surface area contributed by atoms with Gasteiger partial charge in [-0.1, -0.05) is 18.2 Å². The lowest BCUT2D eigenvalue weighted by molar-refractivity contribution is -0.378. The van der Waals surface area contributed by atoms with Crippen LogP contribution in [0.3, 0.4) is 0 Å². The number of aromatic nitrogens is 1. The fourth-order valence-corrected chi connectivity index (χ4v) is 2.09. The predicted octanol–water partition coefficient (Wildman–Crippen LogP) is 0.301. The molecule has 1 aromatic heterocycles. The highest BCUT2D eigenvalue weighted by atomic mass is 32.2. The number of primary sulfonamides is 1. The van der Waals surface area contributed by atoms with Crippen LogP contribution in [0, 0.1) is 0 Å². The van der Waals surface area contributed by atoms with Crippen LogP contribution in [0.2, 0.25) is 0 Å². The van der Waals surface area contributed by atoms with Gasteiger partial charge in [0.05, 0.1) is 0 Å². The Hall–Kier alpha value is -1.46. The van der Waals surface area contributed by atoms with Crippen molar-refractivity contribution in [2.45, 2.75) is 4.90 Å². The number of fused-ring (bicyclic) bond motifs is 1. The summed E-state index contributed by atoms with van der Waals surface area (Å²) in [7, 11) is -3.66. The highest BCUT2D eigenvalue weighted by Gasteiger charge is 2.14. The van der Waals surface area contributed by atoms with E-state index in [-0.39, 0.29) is 4.90 Å². The number of pyridine rings is 1. The average Bonchev–Trinajstić information content (AvgIpc) is 2.15. The average molecular weight is 209 g/mol. The van der Waals surface area contributed by atoms with Crippen molar-refractivity contribution in [1.82, 2.24) is 0 Å². The first-order chi connectivity index (χ1) is 6.59. The van der Waals surface area contributed by atoms with Crippen molar-refractivity contribution in [2.75, 3.05) is 0 Å². The molecule has 0 aliphatic heterocycles. The quantitative estimate of drug-likeness (QED) is 0.733. The van der Waals surface area contributed by atoms with E-state index in [0.717, 1.165) is 5.39 Å². The summed E-state index contributed by atoms with van der Waals surface area (Å²) >= 11 is 0. The number of H-pyrrole nitrogens is 1. The lowest BCUT2D eigenvalue weighted by Gasteiger charge is -1.98. The van der Waals surface area contributed by atoms with Gasteiger partial charge in [0.25, 0.3) is 0 Å². The molecule has 1 heterocycles. The molecule has 0 aliphatic rings. The third-order valence-corrected chi connectivity index (χ3v) is 2.94. The van der Waals surface area contributed by atoms with Crippen LogP contribution < -0.4 is 10.1 Å². The summed E-state index contributed by atoms with van der Waals surface area (Å²) in [6, 6.07) is 7.16. The first-order valence-corrected chi connectivity index (χ1v) is 5.55. The number of sulfonamides is 1. The van der Waals surface area contributed by atoms with Crippen molar-refractivity contribution < 1.29 is 13.4 Å². The molecule has 0 saturated heterocycles. The highest BCUT2D eigenvalue weighted by Crippen LogP contribution is 2.18. The van der Waals surface area contributed by atoms with Crippen molar-refractivity contribution in [2.24, 2.45) is 5.14 Å². The van der Waals surface area contributed by atoms with Crippen molar-refractivity contribution in [3.63, 3.8) is 0 Å². The van der Waals surface area contributed by atoms with E-state index in [1.807, 2.05) is 12.1 Å². The van der Waals surface area contributed by atoms with Crippen molar-refractivity contribution >= 4 is 20.8 Å². The maximum atomic E-state index is 11.2. The van der Waals surface area contributed by atoms with Gasteiger partial charge in [0.1, 0.15) is 0 Å². The van der Waals surface area contributed by atoms with Crippen LogP contribution in [0.4, 0.5) is 0 Å². The summed E-state index contributed by atoms with van der Waals surface area (Å²) in [6.07, 6.45) is 3.11.